The third kappa shape index (κ3) is 4.83. The van der Waals surface area contributed by atoms with Gasteiger partial charge in [0, 0.05) is 23.6 Å². The fraction of sp³-hybridized carbons (Fsp3) is 0.300. The molecule has 2 aromatic carbocycles. The Morgan fingerprint density at radius 2 is 1.27 bits per heavy atom. The Labute approximate surface area is 154 Å². The number of benzene rings is 2. The van der Waals surface area contributed by atoms with Gasteiger partial charge in [-0.2, -0.15) is 0 Å². The van der Waals surface area contributed by atoms with Crippen molar-refractivity contribution in [3.63, 3.8) is 0 Å². The highest BCUT2D eigenvalue weighted by molar-refractivity contribution is 6.00. The fourth-order valence-corrected chi connectivity index (χ4v) is 2.67. The zero-order chi connectivity index (χ0) is 19.0. The van der Waals surface area contributed by atoms with Gasteiger partial charge in [0.1, 0.15) is 0 Å². The molecule has 0 bridgehead atoms. The molecular weight excluding hydrogens is 328 g/mol. The molecule has 0 aromatic heterocycles. The van der Waals surface area contributed by atoms with Crippen molar-refractivity contribution in [2.24, 2.45) is 11.1 Å². The third-order valence-corrected chi connectivity index (χ3v) is 4.66. The van der Waals surface area contributed by atoms with E-state index >= 15 is 0 Å². The van der Waals surface area contributed by atoms with E-state index in [1.807, 2.05) is 44.2 Å². The van der Waals surface area contributed by atoms with Gasteiger partial charge in [0.25, 0.3) is 0 Å². The van der Waals surface area contributed by atoms with Crippen molar-refractivity contribution in [2.75, 3.05) is 22.5 Å². The average molecular weight is 354 g/mol. The van der Waals surface area contributed by atoms with Crippen molar-refractivity contribution in [3.8, 4) is 0 Å². The van der Waals surface area contributed by atoms with Gasteiger partial charge in [-0.25, -0.2) is 4.79 Å². The molecule has 0 saturated carbocycles. The highest BCUT2D eigenvalue weighted by atomic mass is 16.2. The molecule has 3 amide bonds. The molecule has 26 heavy (non-hydrogen) atoms. The minimum absolute atomic E-state index is 0.0764. The molecule has 0 aliphatic rings. The minimum atomic E-state index is -0.549. The van der Waals surface area contributed by atoms with Crippen molar-refractivity contribution in [3.05, 3.63) is 54.6 Å². The van der Waals surface area contributed by atoms with E-state index in [-0.39, 0.29) is 11.9 Å². The molecule has 6 nitrogen and oxygen atoms in total. The van der Waals surface area contributed by atoms with Gasteiger partial charge in [-0.3, -0.25) is 4.79 Å². The molecule has 2 rings (SSSR count). The van der Waals surface area contributed by atoms with Gasteiger partial charge in [0.2, 0.25) is 5.91 Å². The molecule has 0 aliphatic heterocycles. The number of urea groups is 1. The summed E-state index contributed by atoms with van der Waals surface area (Å²) in [6.07, 6.45) is 1.37. The van der Waals surface area contributed by atoms with Gasteiger partial charge in [0.15, 0.2) is 0 Å². The van der Waals surface area contributed by atoms with Crippen molar-refractivity contribution >= 4 is 29.0 Å². The fourth-order valence-electron chi connectivity index (χ4n) is 2.67. The van der Waals surface area contributed by atoms with Crippen molar-refractivity contribution < 1.29 is 9.59 Å². The number of nitrogens with one attached hydrogen (secondary N) is 3. The van der Waals surface area contributed by atoms with Crippen molar-refractivity contribution in [2.45, 2.75) is 26.7 Å². The number of carbonyl (C=O) groups is 2. The first-order valence-electron chi connectivity index (χ1n) is 8.77. The highest BCUT2D eigenvalue weighted by Crippen LogP contribution is 2.27. The number of carbonyl (C=O) groups excluding carboxylic acids is 2. The number of hydrogen-bond donors (Lipinski definition) is 4. The van der Waals surface area contributed by atoms with E-state index in [2.05, 4.69) is 16.0 Å². The average Bonchev–Trinajstić information content (AvgIpc) is 2.66. The highest BCUT2D eigenvalue weighted by Gasteiger charge is 2.33. The van der Waals surface area contributed by atoms with Crippen LogP contribution in [0.4, 0.5) is 21.9 Å². The second-order valence-electron chi connectivity index (χ2n) is 6.17. The van der Waals surface area contributed by atoms with Crippen molar-refractivity contribution in [1.82, 2.24) is 0 Å². The van der Waals surface area contributed by atoms with E-state index in [1.165, 1.54) is 0 Å². The largest absolute Gasteiger partial charge is 0.329 e. The summed E-state index contributed by atoms with van der Waals surface area (Å²) in [5.41, 5.74) is 7.28. The summed E-state index contributed by atoms with van der Waals surface area (Å²) >= 11 is 0. The lowest BCUT2D eigenvalue weighted by molar-refractivity contribution is -0.125. The monoisotopic (exact) mass is 354 g/mol. The molecule has 0 fully saturated rings. The van der Waals surface area contributed by atoms with Gasteiger partial charge in [-0.15, -0.1) is 0 Å². The number of hydrogen-bond acceptors (Lipinski definition) is 3. The van der Waals surface area contributed by atoms with Crippen LogP contribution >= 0.6 is 0 Å². The predicted octanol–water partition coefficient (Wildman–Crippen LogP) is 4.03. The van der Waals surface area contributed by atoms with E-state index in [4.69, 9.17) is 5.73 Å². The molecule has 0 spiro atoms. The smallest absolute Gasteiger partial charge is 0.323 e. The van der Waals surface area contributed by atoms with Gasteiger partial charge >= 0.3 is 6.03 Å². The molecule has 5 N–H and O–H groups in total. The van der Waals surface area contributed by atoms with Crippen LogP contribution in [0.2, 0.25) is 0 Å². The maximum absolute atomic E-state index is 12.5. The lowest BCUT2D eigenvalue weighted by atomic mass is 9.81. The first-order chi connectivity index (χ1) is 12.5. The Morgan fingerprint density at radius 1 is 0.808 bits per heavy atom. The third-order valence-electron chi connectivity index (χ3n) is 4.66. The molecule has 0 heterocycles. The first-order valence-corrected chi connectivity index (χ1v) is 8.77. The summed E-state index contributed by atoms with van der Waals surface area (Å²) in [6.45, 7) is 4.24. The zero-order valence-corrected chi connectivity index (χ0v) is 15.2. The molecule has 0 unspecified atom stereocenters. The quantitative estimate of drug-likeness (QED) is 0.604. The van der Waals surface area contributed by atoms with Crippen LogP contribution in [-0.2, 0) is 4.79 Å². The maximum atomic E-state index is 12.5. The predicted molar refractivity (Wildman–Crippen MR) is 106 cm³/mol. The number of nitrogens with two attached hydrogens (primary N) is 1. The van der Waals surface area contributed by atoms with Crippen LogP contribution < -0.4 is 21.7 Å². The topological polar surface area (TPSA) is 96.2 Å². The van der Waals surface area contributed by atoms with Crippen LogP contribution in [0.3, 0.4) is 0 Å². The van der Waals surface area contributed by atoms with E-state index in [9.17, 15) is 9.59 Å². The summed E-state index contributed by atoms with van der Waals surface area (Å²) in [6, 6.07) is 15.9. The Balaban J connectivity index is 1.95. The Hall–Kier alpha value is -2.86. The van der Waals surface area contributed by atoms with Crippen molar-refractivity contribution in [1.29, 1.82) is 0 Å². The summed E-state index contributed by atoms with van der Waals surface area (Å²) < 4.78 is 0. The van der Waals surface area contributed by atoms with E-state index < -0.39 is 5.41 Å². The standard InChI is InChI=1S/C20H26N4O2/c1-3-20(4-2,14-21)18(25)22-16-10-12-17(13-11-16)24-19(26)23-15-8-6-5-7-9-15/h5-13H,3-4,14,21H2,1-2H3,(H,22,25)(H2,23,24,26). The Morgan fingerprint density at radius 3 is 1.73 bits per heavy atom. The van der Waals surface area contributed by atoms with Crippen LogP contribution in [-0.4, -0.2) is 18.5 Å². The van der Waals surface area contributed by atoms with E-state index in [1.54, 1.807) is 24.3 Å². The minimum Gasteiger partial charge on any atom is -0.329 e. The SMILES string of the molecule is CCC(CC)(CN)C(=O)Nc1ccc(NC(=O)Nc2ccccc2)cc1. The first kappa shape index (κ1) is 19.5. The molecule has 0 aliphatic carbocycles. The Bertz CT molecular complexity index is 717. The van der Waals surface area contributed by atoms with Gasteiger partial charge in [-0.05, 0) is 49.2 Å². The van der Waals surface area contributed by atoms with Crippen LogP contribution in [0.15, 0.2) is 54.6 Å². The number of anilines is 3. The second-order valence-corrected chi connectivity index (χ2v) is 6.17. The zero-order valence-electron chi connectivity index (χ0n) is 15.2. The van der Waals surface area contributed by atoms with Crippen LogP contribution in [0.5, 0.6) is 0 Å². The van der Waals surface area contributed by atoms with Gasteiger partial charge < -0.3 is 21.7 Å². The van der Waals surface area contributed by atoms with Crippen LogP contribution in [0.25, 0.3) is 0 Å². The van der Waals surface area contributed by atoms with Crippen LogP contribution in [0, 0.1) is 5.41 Å². The Kier molecular flexibility index (Phi) is 6.74. The van der Waals surface area contributed by atoms with E-state index in [0.29, 0.717) is 36.4 Å². The van der Waals surface area contributed by atoms with Gasteiger partial charge in [-0.1, -0.05) is 32.0 Å². The summed E-state index contributed by atoms with van der Waals surface area (Å²) in [7, 11) is 0. The number of rotatable bonds is 7. The summed E-state index contributed by atoms with van der Waals surface area (Å²) in [5, 5.41) is 8.41. The lowest BCUT2D eigenvalue weighted by Gasteiger charge is -2.28. The molecule has 6 heteroatoms. The summed E-state index contributed by atoms with van der Waals surface area (Å²) in [4.78, 5) is 24.5. The number of amides is 3. The molecule has 0 atom stereocenters. The van der Waals surface area contributed by atoms with Crippen LogP contribution in [0.1, 0.15) is 26.7 Å². The maximum Gasteiger partial charge on any atom is 0.323 e. The molecule has 2 aromatic rings. The second kappa shape index (κ2) is 9.01. The molecule has 0 radical (unpaired) electrons. The summed E-state index contributed by atoms with van der Waals surface area (Å²) in [5.74, 6) is -0.0764. The van der Waals surface area contributed by atoms with E-state index in [0.717, 1.165) is 0 Å². The molecule has 138 valence electrons. The lowest BCUT2D eigenvalue weighted by Crippen LogP contribution is -2.41. The normalized spacial score (nSPS) is 10.9. The molecular formula is C20H26N4O2. The van der Waals surface area contributed by atoms with Gasteiger partial charge in [0.05, 0.1) is 5.41 Å². The number of para-hydroxylation sites is 1. The molecule has 0 saturated heterocycles.